The normalized spacial score (nSPS) is 24.3. The van der Waals surface area contributed by atoms with E-state index >= 15 is 0 Å². The highest BCUT2D eigenvalue weighted by atomic mass is 32.2. The molecule has 0 unspecified atom stereocenters. The molecule has 1 aliphatic rings. The van der Waals surface area contributed by atoms with E-state index in [1.807, 2.05) is 71.9 Å². The summed E-state index contributed by atoms with van der Waals surface area (Å²) >= 11 is 1.07. The van der Waals surface area contributed by atoms with E-state index in [1.54, 1.807) is 0 Å². The first-order chi connectivity index (χ1) is 34.9. The van der Waals surface area contributed by atoms with Crippen LogP contribution in [0.5, 0.6) is 0 Å². The van der Waals surface area contributed by atoms with Crippen LogP contribution in [0, 0.1) is 0 Å². The lowest BCUT2D eigenvalue weighted by Crippen LogP contribution is -2.60. The molecule has 1 aromatic rings. The van der Waals surface area contributed by atoms with Crippen molar-refractivity contribution in [1.29, 1.82) is 0 Å². The molecule has 0 bridgehead atoms. The summed E-state index contributed by atoms with van der Waals surface area (Å²) < 4.78 is 0. The van der Waals surface area contributed by atoms with Crippen LogP contribution in [0.2, 0.25) is 0 Å². The van der Waals surface area contributed by atoms with Crippen molar-refractivity contribution >= 4 is 64.9 Å². The fourth-order valence-corrected chi connectivity index (χ4v) is 9.75. The van der Waals surface area contributed by atoms with Crippen molar-refractivity contribution in [2.45, 2.75) is 212 Å². The Morgan fingerprint density at radius 2 is 0.877 bits per heavy atom. The third-order valence-electron chi connectivity index (χ3n) is 13.6. The molecule has 0 saturated carbocycles. The van der Waals surface area contributed by atoms with Crippen molar-refractivity contribution in [1.82, 2.24) is 46.6 Å². The summed E-state index contributed by atoms with van der Waals surface area (Å²) in [5, 5.41) is 17.1. The summed E-state index contributed by atoms with van der Waals surface area (Å²) in [6, 6.07) is 0.703. The molecule has 9 amide bonds. The van der Waals surface area contributed by atoms with Crippen LogP contribution >= 0.6 is 11.8 Å². The van der Waals surface area contributed by atoms with Gasteiger partial charge in [0.15, 0.2) is 0 Å². The number of hydrogen-bond donors (Lipinski definition) is 6. The molecule has 0 radical (unpaired) electrons. The number of carbonyl (C=O) groups is 9. The zero-order chi connectivity index (χ0) is 54.5. The summed E-state index contributed by atoms with van der Waals surface area (Å²) in [5.74, 6) is -5.02. The molecule has 1 saturated heterocycles. The topological polar surface area (TPSA) is 236 Å². The lowest BCUT2D eigenvalue weighted by atomic mass is 10.0. The molecule has 1 aliphatic heterocycles. The first-order valence-electron chi connectivity index (χ1n) is 27.1. The summed E-state index contributed by atoms with van der Waals surface area (Å²) in [4.78, 5) is 133. The Hall–Kier alpha value is -5.20. The molecule has 8 atom stereocenters. The van der Waals surface area contributed by atoms with Crippen LogP contribution in [0.15, 0.2) is 30.3 Å². The number of likely N-dealkylation sites (N-methyl/N-ethyl adjacent to an activating group) is 4. The Balaban J connectivity index is 2.85. The smallest absolute Gasteiger partial charge is 0.245 e. The molecule has 1 fully saturated rings. The maximum absolute atomic E-state index is 14.7. The zero-order valence-corrected chi connectivity index (χ0v) is 46.6. The number of carbonyl (C=O) groups excluding carboxylic acids is 9. The van der Waals surface area contributed by atoms with Crippen LogP contribution in [-0.4, -0.2) is 156 Å². The van der Waals surface area contributed by atoms with Gasteiger partial charge in [-0.25, -0.2) is 0 Å². The van der Waals surface area contributed by atoms with Crippen molar-refractivity contribution in [3.63, 3.8) is 0 Å². The third-order valence-corrected chi connectivity index (χ3v) is 14.6. The Morgan fingerprint density at radius 3 is 1.27 bits per heavy atom. The second kappa shape index (κ2) is 35.1. The number of unbranched alkanes of at least 4 members (excludes halogenated alkanes) is 6. The van der Waals surface area contributed by atoms with Crippen molar-refractivity contribution in [3.8, 4) is 0 Å². The number of amides is 9. The molecule has 2 rings (SSSR count). The molecular weight excluding hydrogens is 951 g/mol. The molecule has 73 heavy (non-hydrogen) atoms. The molecular formula is C54H91N9O9S. The summed E-state index contributed by atoms with van der Waals surface area (Å²) in [6.45, 7) is 11.8. The van der Waals surface area contributed by atoms with E-state index in [2.05, 4.69) is 31.9 Å². The minimum atomic E-state index is -1.11. The average Bonchev–Trinajstić information content (AvgIpc) is 3.38. The van der Waals surface area contributed by atoms with Gasteiger partial charge in [0.05, 0.1) is 5.75 Å². The van der Waals surface area contributed by atoms with Gasteiger partial charge in [0.25, 0.3) is 0 Å². The predicted molar refractivity (Wildman–Crippen MR) is 288 cm³/mol. The van der Waals surface area contributed by atoms with Crippen molar-refractivity contribution < 1.29 is 43.2 Å². The molecule has 0 aliphatic carbocycles. The van der Waals surface area contributed by atoms with Gasteiger partial charge in [0.1, 0.15) is 48.3 Å². The second-order valence-electron chi connectivity index (χ2n) is 19.4. The monoisotopic (exact) mass is 1040 g/mol. The second-order valence-corrected chi connectivity index (χ2v) is 20.5. The lowest BCUT2D eigenvalue weighted by molar-refractivity contribution is -0.146. The maximum Gasteiger partial charge on any atom is 0.245 e. The number of rotatable bonds is 21. The van der Waals surface area contributed by atoms with Gasteiger partial charge < -0.3 is 46.6 Å². The molecule has 19 heteroatoms. The Kier molecular flexibility index (Phi) is 30.7. The van der Waals surface area contributed by atoms with Crippen LogP contribution in [-0.2, 0) is 49.6 Å². The largest absolute Gasteiger partial charge is 0.357 e. The number of nitrogens with zero attached hydrogens (tertiary/aromatic N) is 3. The predicted octanol–water partition coefficient (Wildman–Crippen LogP) is 4.77. The minimum absolute atomic E-state index is 0.0304. The van der Waals surface area contributed by atoms with Gasteiger partial charge in [-0.1, -0.05) is 149 Å². The molecule has 1 heterocycles. The van der Waals surface area contributed by atoms with Crippen molar-refractivity contribution in [2.24, 2.45) is 0 Å². The lowest BCUT2D eigenvalue weighted by Gasteiger charge is -2.35. The van der Waals surface area contributed by atoms with E-state index < -0.39 is 101 Å². The Morgan fingerprint density at radius 1 is 0.507 bits per heavy atom. The zero-order valence-electron chi connectivity index (χ0n) is 45.8. The van der Waals surface area contributed by atoms with Crippen molar-refractivity contribution in [2.75, 3.05) is 39.7 Å². The van der Waals surface area contributed by atoms with Gasteiger partial charge in [-0.05, 0) is 44.1 Å². The summed E-state index contributed by atoms with van der Waals surface area (Å²) in [7, 11) is 6.00. The highest BCUT2D eigenvalue weighted by Gasteiger charge is 2.39. The SMILES string of the molecule is CCCC[C@@H]1NC(=O)[C@H](CCCC)N(C)C(=O)[C@H](CCCC)NC(=O)[C@H](CCCC)N(C)C(=O)[C@H](CCCC)NC(=O)[C@H](CCCC)N(C)C(=O)[C@@H](Cc2ccccc2)NC(=O)CSC[C@@H](C(=O)NC)NC1=O. The first-order valence-corrected chi connectivity index (χ1v) is 28.2. The third kappa shape index (κ3) is 21.3. The van der Waals surface area contributed by atoms with Gasteiger partial charge in [0, 0.05) is 40.4 Å². The van der Waals surface area contributed by atoms with E-state index in [9.17, 15) is 43.2 Å². The Labute approximate surface area is 440 Å². The molecule has 18 nitrogen and oxygen atoms in total. The van der Waals surface area contributed by atoms with Gasteiger partial charge in [0.2, 0.25) is 53.2 Å². The van der Waals surface area contributed by atoms with E-state index in [0.29, 0.717) is 77.0 Å². The Bertz CT molecular complexity index is 1910. The quantitative estimate of drug-likeness (QED) is 0.0987. The number of thioether (sulfide) groups is 1. The molecule has 412 valence electrons. The van der Waals surface area contributed by atoms with E-state index in [1.165, 1.54) is 42.9 Å². The van der Waals surface area contributed by atoms with Gasteiger partial charge in [-0.15, -0.1) is 11.8 Å². The van der Waals surface area contributed by atoms with Crippen LogP contribution in [0.1, 0.15) is 163 Å². The average molecular weight is 1040 g/mol. The molecule has 0 aromatic heterocycles. The molecule has 6 N–H and O–H groups in total. The van der Waals surface area contributed by atoms with Crippen molar-refractivity contribution in [3.05, 3.63) is 35.9 Å². The van der Waals surface area contributed by atoms with Crippen LogP contribution in [0.25, 0.3) is 0 Å². The van der Waals surface area contributed by atoms with Crippen LogP contribution < -0.4 is 31.9 Å². The maximum atomic E-state index is 14.7. The fourth-order valence-electron chi connectivity index (χ4n) is 8.89. The highest BCUT2D eigenvalue weighted by molar-refractivity contribution is 8.00. The molecule has 0 spiro atoms. The van der Waals surface area contributed by atoms with Crippen LogP contribution in [0.3, 0.4) is 0 Å². The molecule has 1 aromatic carbocycles. The summed E-state index contributed by atoms with van der Waals surface area (Å²) in [6.07, 6.45) is 9.41. The van der Waals surface area contributed by atoms with Gasteiger partial charge >= 0.3 is 0 Å². The number of benzene rings is 1. The van der Waals surface area contributed by atoms with Gasteiger partial charge in [-0.3, -0.25) is 43.2 Å². The summed E-state index contributed by atoms with van der Waals surface area (Å²) in [5.41, 5.74) is 0.763. The first kappa shape index (κ1) is 63.9. The number of nitrogens with one attached hydrogen (secondary N) is 6. The minimum Gasteiger partial charge on any atom is -0.357 e. The van der Waals surface area contributed by atoms with Gasteiger partial charge in [-0.2, -0.15) is 0 Å². The number of hydrogen-bond acceptors (Lipinski definition) is 10. The standard InChI is InChI=1S/C54H91N9O9S/c1-11-17-28-38-48(66)60-42(47(65)55-7)35-73-36-46(64)56-41(34-37-26-24-23-25-27-37)54(72)63(10)45(33-22-16-6)51(69)59-40(30-19-13-3)53(71)62(9)44(32-21-15-5)50(68)58-39(29-18-12-2)52(70)61(8)43(31-20-14-4)49(67)57-38/h23-27,38-45H,11-22,28-36H2,1-10H3,(H,55,65)(H,56,64)(H,57,67)(H,58,68)(H,59,69)(H,60,66)/t38-,39-,40-,41+,42-,43-,44-,45-/m0/s1. The fraction of sp³-hybridized carbons (Fsp3) is 0.722. The van der Waals surface area contributed by atoms with E-state index in [0.717, 1.165) is 17.3 Å². The highest BCUT2D eigenvalue weighted by Crippen LogP contribution is 2.19. The van der Waals surface area contributed by atoms with E-state index in [-0.39, 0.29) is 56.5 Å². The van der Waals surface area contributed by atoms with Crippen LogP contribution in [0.4, 0.5) is 0 Å². The van der Waals surface area contributed by atoms with E-state index in [4.69, 9.17) is 0 Å².